The summed E-state index contributed by atoms with van der Waals surface area (Å²) in [6.45, 7) is 2.70. The first-order valence-corrected chi connectivity index (χ1v) is 4.99. The Balaban J connectivity index is 2.47. The highest BCUT2D eigenvalue weighted by atomic mass is 16.5. The smallest absolute Gasteiger partial charge is 0.0869 e. The van der Waals surface area contributed by atoms with Gasteiger partial charge in [-0.05, 0) is 5.56 Å². The number of methoxy groups -OCH3 is 1. The van der Waals surface area contributed by atoms with Crippen LogP contribution in [0.25, 0.3) is 0 Å². The summed E-state index contributed by atoms with van der Waals surface area (Å²) in [5, 5.41) is 8.68. The lowest BCUT2D eigenvalue weighted by molar-refractivity contribution is 0.152. The van der Waals surface area contributed by atoms with Gasteiger partial charge in [-0.15, -0.1) is 0 Å². The van der Waals surface area contributed by atoms with E-state index in [4.69, 9.17) is 10.00 Å². The van der Waals surface area contributed by atoms with Crippen LogP contribution in [-0.2, 0) is 11.3 Å². The van der Waals surface area contributed by atoms with Crippen molar-refractivity contribution in [3.8, 4) is 6.07 Å². The van der Waals surface area contributed by atoms with Gasteiger partial charge in [-0.1, -0.05) is 30.3 Å². The van der Waals surface area contributed by atoms with Gasteiger partial charge in [0, 0.05) is 20.2 Å². The zero-order valence-corrected chi connectivity index (χ0v) is 9.02. The highest BCUT2D eigenvalue weighted by Crippen LogP contribution is 2.03. The molecule has 1 aromatic carbocycles. The highest BCUT2D eigenvalue weighted by Gasteiger charge is 2.04. The summed E-state index contributed by atoms with van der Waals surface area (Å²) in [4.78, 5) is 2.07. The van der Waals surface area contributed by atoms with Crippen molar-refractivity contribution in [1.29, 1.82) is 5.26 Å². The molecule has 0 aliphatic heterocycles. The predicted molar refractivity (Wildman–Crippen MR) is 59.2 cm³/mol. The largest absolute Gasteiger partial charge is 0.383 e. The van der Waals surface area contributed by atoms with Crippen molar-refractivity contribution in [1.82, 2.24) is 4.90 Å². The van der Waals surface area contributed by atoms with Crippen LogP contribution >= 0.6 is 0 Å². The molecule has 0 radical (unpaired) electrons. The minimum atomic E-state index is 0.443. The first-order chi connectivity index (χ1) is 7.36. The molecule has 0 saturated carbocycles. The molecule has 3 heteroatoms. The van der Waals surface area contributed by atoms with Gasteiger partial charge in [0.1, 0.15) is 0 Å². The Morgan fingerprint density at radius 2 is 2.07 bits per heavy atom. The Kier molecular flexibility index (Phi) is 5.46. The number of hydrogen-bond donors (Lipinski definition) is 0. The van der Waals surface area contributed by atoms with Crippen LogP contribution in [0.1, 0.15) is 5.56 Å². The Morgan fingerprint density at radius 1 is 1.33 bits per heavy atom. The summed E-state index contributed by atoms with van der Waals surface area (Å²) in [5.41, 5.74) is 1.23. The minimum Gasteiger partial charge on any atom is -0.383 e. The van der Waals surface area contributed by atoms with E-state index in [2.05, 4.69) is 23.1 Å². The molecule has 3 nitrogen and oxygen atoms in total. The fourth-order valence-corrected chi connectivity index (χ4v) is 1.38. The maximum Gasteiger partial charge on any atom is 0.0869 e. The maximum atomic E-state index is 8.68. The summed E-state index contributed by atoms with van der Waals surface area (Å²) in [6.07, 6.45) is 0. The van der Waals surface area contributed by atoms with Crippen molar-refractivity contribution >= 4 is 0 Å². The second kappa shape index (κ2) is 6.99. The van der Waals surface area contributed by atoms with Crippen molar-refractivity contribution in [2.45, 2.75) is 6.54 Å². The molecule has 0 heterocycles. The van der Waals surface area contributed by atoms with Crippen LogP contribution in [0.2, 0.25) is 0 Å². The number of benzene rings is 1. The molecule has 0 atom stereocenters. The van der Waals surface area contributed by atoms with Crippen molar-refractivity contribution in [3.05, 3.63) is 35.9 Å². The van der Waals surface area contributed by atoms with E-state index < -0.39 is 0 Å². The molecule has 0 saturated heterocycles. The lowest BCUT2D eigenvalue weighted by Crippen LogP contribution is -2.27. The summed E-state index contributed by atoms with van der Waals surface area (Å²) in [5.74, 6) is 0. The third kappa shape index (κ3) is 4.59. The van der Waals surface area contributed by atoms with Gasteiger partial charge >= 0.3 is 0 Å². The topological polar surface area (TPSA) is 36.3 Å². The SMILES string of the molecule is COCCN(CC#N)Cc1ccccc1. The van der Waals surface area contributed by atoms with Crippen molar-refractivity contribution in [2.75, 3.05) is 26.8 Å². The molecule has 1 aromatic rings. The molecule has 15 heavy (non-hydrogen) atoms. The number of hydrogen-bond acceptors (Lipinski definition) is 3. The summed E-state index contributed by atoms with van der Waals surface area (Å²) < 4.78 is 5.01. The molecule has 0 aliphatic rings. The van der Waals surface area contributed by atoms with Gasteiger partial charge in [-0.25, -0.2) is 0 Å². The third-order valence-corrected chi connectivity index (χ3v) is 2.15. The van der Waals surface area contributed by atoms with E-state index in [9.17, 15) is 0 Å². The van der Waals surface area contributed by atoms with E-state index in [-0.39, 0.29) is 0 Å². The van der Waals surface area contributed by atoms with Gasteiger partial charge in [0.25, 0.3) is 0 Å². The van der Waals surface area contributed by atoms with Crippen molar-refractivity contribution < 1.29 is 4.74 Å². The average Bonchev–Trinajstić information content (AvgIpc) is 2.28. The van der Waals surface area contributed by atoms with Crippen LogP contribution in [0.4, 0.5) is 0 Å². The van der Waals surface area contributed by atoms with E-state index in [1.807, 2.05) is 18.2 Å². The average molecular weight is 204 g/mol. The molecule has 0 aliphatic carbocycles. The number of ether oxygens (including phenoxy) is 1. The molecule has 0 bridgehead atoms. The monoisotopic (exact) mass is 204 g/mol. The second-order valence-corrected chi connectivity index (χ2v) is 3.35. The number of nitrogens with zero attached hydrogens (tertiary/aromatic N) is 2. The summed E-state index contributed by atoms with van der Waals surface area (Å²) in [6, 6.07) is 12.3. The highest BCUT2D eigenvalue weighted by molar-refractivity contribution is 5.14. The van der Waals surface area contributed by atoms with Gasteiger partial charge in [0.05, 0.1) is 19.2 Å². The molecular formula is C12H16N2O. The van der Waals surface area contributed by atoms with Crippen molar-refractivity contribution in [2.24, 2.45) is 0 Å². The van der Waals surface area contributed by atoms with Crippen LogP contribution in [0, 0.1) is 11.3 Å². The van der Waals surface area contributed by atoms with E-state index in [1.165, 1.54) is 5.56 Å². The molecule has 0 aromatic heterocycles. The Morgan fingerprint density at radius 3 is 2.67 bits per heavy atom. The predicted octanol–water partition coefficient (Wildman–Crippen LogP) is 1.66. The normalized spacial score (nSPS) is 10.2. The third-order valence-electron chi connectivity index (χ3n) is 2.15. The molecule has 80 valence electrons. The van der Waals surface area contributed by atoms with Crippen LogP contribution in [0.3, 0.4) is 0 Å². The number of rotatable bonds is 6. The Bertz CT molecular complexity index is 305. The molecule has 0 unspecified atom stereocenters. The van der Waals surface area contributed by atoms with E-state index >= 15 is 0 Å². The molecule has 0 N–H and O–H groups in total. The lowest BCUT2D eigenvalue weighted by atomic mass is 10.2. The fraction of sp³-hybridized carbons (Fsp3) is 0.417. The van der Waals surface area contributed by atoms with Crippen molar-refractivity contribution in [3.63, 3.8) is 0 Å². The van der Waals surface area contributed by atoms with E-state index in [0.717, 1.165) is 13.1 Å². The zero-order chi connectivity index (χ0) is 10.9. The Labute approximate surface area is 90.9 Å². The molecule has 0 amide bonds. The fourth-order valence-electron chi connectivity index (χ4n) is 1.38. The Hall–Kier alpha value is -1.37. The summed E-state index contributed by atoms with van der Waals surface area (Å²) >= 11 is 0. The first kappa shape index (κ1) is 11.7. The maximum absolute atomic E-state index is 8.68. The van der Waals surface area contributed by atoms with Crippen LogP contribution in [-0.4, -0.2) is 31.7 Å². The van der Waals surface area contributed by atoms with Gasteiger partial charge < -0.3 is 4.74 Å². The van der Waals surface area contributed by atoms with Crippen LogP contribution in [0.15, 0.2) is 30.3 Å². The lowest BCUT2D eigenvalue weighted by Gasteiger charge is -2.18. The van der Waals surface area contributed by atoms with Gasteiger partial charge in [0.2, 0.25) is 0 Å². The molecule has 0 spiro atoms. The first-order valence-electron chi connectivity index (χ1n) is 4.99. The zero-order valence-electron chi connectivity index (χ0n) is 9.02. The quantitative estimate of drug-likeness (QED) is 0.661. The van der Waals surface area contributed by atoms with Crippen LogP contribution < -0.4 is 0 Å². The number of nitriles is 1. The van der Waals surface area contributed by atoms with Gasteiger partial charge in [-0.2, -0.15) is 5.26 Å². The van der Waals surface area contributed by atoms with Crippen LogP contribution in [0.5, 0.6) is 0 Å². The second-order valence-electron chi connectivity index (χ2n) is 3.35. The summed E-state index contributed by atoms with van der Waals surface area (Å²) in [7, 11) is 1.67. The van der Waals surface area contributed by atoms with E-state index in [0.29, 0.717) is 13.2 Å². The molecule has 0 fully saturated rings. The minimum absolute atomic E-state index is 0.443. The van der Waals surface area contributed by atoms with Gasteiger partial charge in [-0.3, -0.25) is 4.90 Å². The molecular weight excluding hydrogens is 188 g/mol. The standard InChI is InChI=1S/C12H16N2O/c1-15-10-9-14(8-7-13)11-12-5-3-2-4-6-12/h2-6H,8-11H2,1H3. The van der Waals surface area contributed by atoms with Gasteiger partial charge in [0.15, 0.2) is 0 Å². The molecule has 1 rings (SSSR count). The van der Waals surface area contributed by atoms with E-state index in [1.54, 1.807) is 7.11 Å².